The molecule has 0 aliphatic heterocycles. The molecule has 0 amide bonds. The van der Waals surface area contributed by atoms with E-state index in [-0.39, 0.29) is 24.2 Å². The Labute approximate surface area is 278 Å². The summed E-state index contributed by atoms with van der Waals surface area (Å²) in [6.45, 7) is 9.31. The lowest BCUT2D eigenvalue weighted by molar-refractivity contribution is 0.122. The predicted molar refractivity (Wildman–Crippen MR) is 190 cm³/mol. The fraction of sp³-hybridized carbons (Fsp3) is 0.581. The fourth-order valence-electron chi connectivity index (χ4n) is 9.15. The Morgan fingerprint density at radius 3 is 1.13 bits per heavy atom. The van der Waals surface area contributed by atoms with E-state index in [1.165, 1.54) is 50.1 Å². The summed E-state index contributed by atoms with van der Waals surface area (Å²) in [6, 6.07) is 21.7. The summed E-state index contributed by atoms with van der Waals surface area (Å²) in [6.07, 6.45) is 12.5. The minimum absolute atomic E-state index is 0.129. The maximum atomic E-state index is 10.2. The lowest BCUT2D eigenvalue weighted by Gasteiger charge is -2.31. The van der Waals surface area contributed by atoms with Crippen molar-refractivity contribution in [1.82, 2.24) is 0 Å². The van der Waals surface area contributed by atoms with Gasteiger partial charge in [0.2, 0.25) is 0 Å². The smallest absolute Gasteiger partial charge is 0.0540 e. The van der Waals surface area contributed by atoms with Crippen LogP contribution < -0.4 is 0 Å². The van der Waals surface area contributed by atoms with Crippen LogP contribution >= 0.6 is 0 Å². The van der Waals surface area contributed by atoms with Crippen molar-refractivity contribution in [2.24, 2.45) is 0 Å². The first-order valence-electron chi connectivity index (χ1n) is 18.5. The van der Waals surface area contributed by atoms with Crippen LogP contribution in [0.2, 0.25) is 0 Å². The molecule has 0 aromatic heterocycles. The van der Waals surface area contributed by atoms with E-state index in [1.54, 1.807) is 0 Å². The molecular weight excluding hydrogens is 564 g/mol. The van der Waals surface area contributed by atoms with Crippen molar-refractivity contribution in [3.05, 3.63) is 105 Å². The first kappa shape index (κ1) is 33.4. The summed E-state index contributed by atoms with van der Waals surface area (Å²) in [5.74, 6) is 2.27. The number of rotatable bonds is 8. The minimum atomic E-state index is -0.140. The topological polar surface area (TPSA) is 60.7 Å². The van der Waals surface area contributed by atoms with E-state index in [1.807, 2.05) is 0 Å². The quantitative estimate of drug-likeness (QED) is 0.234. The molecule has 3 nitrogen and oxygen atoms in total. The molecule has 248 valence electrons. The van der Waals surface area contributed by atoms with Crippen molar-refractivity contribution in [2.75, 3.05) is 0 Å². The van der Waals surface area contributed by atoms with Crippen LogP contribution in [-0.2, 0) is 0 Å². The molecule has 3 heteroatoms. The van der Waals surface area contributed by atoms with Gasteiger partial charge in [0, 0.05) is 5.92 Å². The lowest BCUT2D eigenvalue weighted by Crippen LogP contribution is -2.18. The zero-order valence-corrected chi connectivity index (χ0v) is 28.8. The third kappa shape index (κ3) is 7.64. The second-order valence-corrected chi connectivity index (χ2v) is 15.6. The summed E-state index contributed by atoms with van der Waals surface area (Å²) < 4.78 is 0. The molecule has 3 N–H and O–H groups in total. The van der Waals surface area contributed by atoms with Gasteiger partial charge in [-0.25, -0.2) is 0 Å². The molecule has 0 spiro atoms. The van der Waals surface area contributed by atoms with E-state index < -0.39 is 0 Å². The van der Waals surface area contributed by atoms with Crippen molar-refractivity contribution in [2.45, 2.75) is 159 Å². The van der Waals surface area contributed by atoms with Gasteiger partial charge in [-0.15, -0.1) is 0 Å². The third-order valence-electron chi connectivity index (χ3n) is 12.3. The molecule has 0 heterocycles. The standard InChI is InChI=1S/C43H58O3/c1-27-5-8-34(31-11-17-37(44)18-12-31)24-40(27)30(4)23-43(41-25-35(9-6-28(41)2)32-13-19-38(45)20-14-32)42-26-36(10-7-29(42)3)33-15-21-39(46)22-16-33/h5-10,24-26,30-33,37-39,43-46H,11-23H2,1-4H3. The molecule has 0 bridgehead atoms. The molecular formula is C43H58O3. The summed E-state index contributed by atoms with van der Waals surface area (Å²) in [4.78, 5) is 0. The molecule has 0 radical (unpaired) electrons. The van der Waals surface area contributed by atoms with Crippen LogP contribution in [0.25, 0.3) is 0 Å². The Morgan fingerprint density at radius 1 is 0.478 bits per heavy atom. The van der Waals surface area contributed by atoms with Gasteiger partial charge in [0.05, 0.1) is 18.3 Å². The van der Waals surface area contributed by atoms with Gasteiger partial charge < -0.3 is 15.3 Å². The SMILES string of the molecule is Cc1ccc(C2CCC(O)CC2)cc1C(C)CC(c1cc(C2CCC(O)CC2)ccc1C)c1cc(C2CCC(O)CC2)ccc1C. The molecule has 1 unspecified atom stereocenters. The van der Waals surface area contributed by atoms with Gasteiger partial charge >= 0.3 is 0 Å². The van der Waals surface area contributed by atoms with Crippen molar-refractivity contribution in [3.8, 4) is 0 Å². The van der Waals surface area contributed by atoms with E-state index in [0.29, 0.717) is 23.7 Å². The molecule has 3 aliphatic rings. The summed E-state index contributed by atoms with van der Waals surface area (Å²) in [5, 5.41) is 30.5. The molecule has 3 aromatic rings. The van der Waals surface area contributed by atoms with E-state index >= 15 is 0 Å². The van der Waals surface area contributed by atoms with Gasteiger partial charge in [-0.1, -0.05) is 61.5 Å². The fourth-order valence-corrected chi connectivity index (χ4v) is 9.15. The summed E-state index contributed by atoms with van der Waals surface area (Å²) in [5.41, 5.74) is 12.8. The van der Waals surface area contributed by atoms with Crippen LogP contribution in [0.3, 0.4) is 0 Å². The molecule has 3 fully saturated rings. The van der Waals surface area contributed by atoms with Gasteiger partial charge in [-0.3, -0.25) is 0 Å². The van der Waals surface area contributed by atoms with Gasteiger partial charge in [-0.2, -0.15) is 0 Å². The normalized spacial score (nSPS) is 28.5. The molecule has 1 atom stereocenters. The minimum Gasteiger partial charge on any atom is -0.393 e. The van der Waals surface area contributed by atoms with Crippen LogP contribution in [0.4, 0.5) is 0 Å². The van der Waals surface area contributed by atoms with Crippen LogP contribution in [0.1, 0.15) is 170 Å². The molecule has 3 aromatic carbocycles. The number of aliphatic hydroxyl groups excluding tert-OH is 3. The first-order valence-corrected chi connectivity index (χ1v) is 18.5. The second kappa shape index (κ2) is 14.8. The van der Waals surface area contributed by atoms with Gasteiger partial charge in [0.15, 0.2) is 0 Å². The molecule has 6 rings (SSSR count). The van der Waals surface area contributed by atoms with Gasteiger partial charge in [0.25, 0.3) is 0 Å². The maximum Gasteiger partial charge on any atom is 0.0540 e. The van der Waals surface area contributed by atoms with Crippen molar-refractivity contribution < 1.29 is 15.3 Å². The van der Waals surface area contributed by atoms with E-state index in [4.69, 9.17) is 0 Å². The number of benzene rings is 3. The molecule has 0 saturated heterocycles. The monoisotopic (exact) mass is 622 g/mol. The second-order valence-electron chi connectivity index (χ2n) is 15.6. The highest BCUT2D eigenvalue weighted by atomic mass is 16.3. The van der Waals surface area contributed by atoms with E-state index in [2.05, 4.69) is 82.3 Å². The molecule has 3 aliphatic carbocycles. The highest BCUT2D eigenvalue weighted by molar-refractivity contribution is 5.46. The Kier molecular flexibility index (Phi) is 10.7. The Hall–Kier alpha value is -2.46. The average Bonchev–Trinajstić information content (AvgIpc) is 3.06. The van der Waals surface area contributed by atoms with Crippen molar-refractivity contribution in [3.63, 3.8) is 0 Å². The number of aryl methyl sites for hydroxylation is 3. The summed E-state index contributed by atoms with van der Waals surface area (Å²) >= 11 is 0. The Bertz CT molecular complexity index is 1380. The van der Waals surface area contributed by atoms with Gasteiger partial charge in [0.1, 0.15) is 0 Å². The van der Waals surface area contributed by atoms with E-state index in [0.717, 1.165) is 83.5 Å². The predicted octanol–water partition coefficient (Wildman–Crippen LogP) is 9.99. The zero-order valence-electron chi connectivity index (χ0n) is 28.8. The first-order chi connectivity index (χ1) is 22.2. The van der Waals surface area contributed by atoms with Gasteiger partial charge in [-0.05, 0) is 178 Å². The van der Waals surface area contributed by atoms with E-state index in [9.17, 15) is 15.3 Å². The lowest BCUT2D eigenvalue weighted by atomic mass is 9.74. The molecule has 3 saturated carbocycles. The zero-order chi connectivity index (χ0) is 32.4. The Morgan fingerprint density at radius 2 is 0.783 bits per heavy atom. The van der Waals surface area contributed by atoms with Crippen LogP contribution in [0.5, 0.6) is 0 Å². The summed E-state index contributed by atoms with van der Waals surface area (Å²) in [7, 11) is 0. The number of hydrogen-bond donors (Lipinski definition) is 3. The average molecular weight is 623 g/mol. The number of hydrogen-bond acceptors (Lipinski definition) is 3. The highest BCUT2D eigenvalue weighted by Gasteiger charge is 2.28. The van der Waals surface area contributed by atoms with Crippen LogP contribution in [0.15, 0.2) is 54.6 Å². The highest BCUT2D eigenvalue weighted by Crippen LogP contribution is 2.44. The number of aliphatic hydroxyl groups is 3. The Balaban J connectivity index is 1.37. The van der Waals surface area contributed by atoms with Crippen LogP contribution in [-0.4, -0.2) is 33.6 Å². The molecule has 46 heavy (non-hydrogen) atoms. The van der Waals surface area contributed by atoms with Crippen molar-refractivity contribution >= 4 is 0 Å². The largest absolute Gasteiger partial charge is 0.393 e. The van der Waals surface area contributed by atoms with Crippen LogP contribution in [0, 0.1) is 20.8 Å². The van der Waals surface area contributed by atoms with Crippen molar-refractivity contribution in [1.29, 1.82) is 0 Å². The third-order valence-corrected chi connectivity index (χ3v) is 12.3. The maximum absolute atomic E-state index is 10.2.